The second kappa shape index (κ2) is 5.89. The molecular weight excluding hydrogens is 222 g/mol. The van der Waals surface area contributed by atoms with Crippen LogP contribution < -0.4 is 5.73 Å². The van der Waals surface area contributed by atoms with Crippen LogP contribution in [0.3, 0.4) is 0 Å². The fraction of sp³-hybridized carbons (Fsp3) is 1.00. The molecule has 3 atom stereocenters. The highest BCUT2D eigenvalue weighted by atomic mass is 15.3. The topological polar surface area (TPSA) is 32.5 Å². The zero-order chi connectivity index (χ0) is 13.2. The Kier molecular flexibility index (Phi) is 4.68. The van der Waals surface area contributed by atoms with E-state index in [9.17, 15) is 0 Å². The van der Waals surface area contributed by atoms with Gasteiger partial charge in [0, 0.05) is 24.7 Å². The van der Waals surface area contributed by atoms with Crippen molar-refractivity contribution in [3.63, 3.8) is 0 Å². The Morgan fingerprint density at radius 3 is 2.67 bits per heavy atom. The van der Waals surface area contributed by atoms with E-state index in [-0.39, 0.29) is 5.54 Å². The maximum atomic E-state index is 6.22. The third kappa shape index (κ3) is 2.59. The first kappa shape index (κ1) is 14.3. The standard InChI is InChI=1S/C15H31N3/c1-13-7-4-5-9-15(13,12-16)18(3)14-8-6-10-17(2)11-14/h13-14H,4-12,16H2,1-3H3. The van der Waals surface area contributed by atoms with E-state index in [1.165, 1.54) is 51.6 Å². The molecule has 0 spiro atoms. The summed E-state index contributed by atoms with van der Waals surface area (Å²) in [6.45, 7) is 5.71. The number of hydrogen-bond acceptors (Lipinski definition) is 3. The van der Waals surface area contributed by atoms with Crippen LogP contribution in [0.2, 0.25) is 0 Å². The van der Waals surface area contributed by atoms with Gasteiger partial charge >= 0.3 is 0 Å². The van der Waals surface area contributed by atoms with Crippen LogP contribution in [0, 0.1) is 5.92 Å². The second-order valence-electron chi connectivity index (χ2n) is 6.62. The number of nitrogens with zero attached hydrogens (tertiary/aromatic N) is 2. The van der Waals surface area contributed by atoms with Crippen molar-refractivity contribution in [3.05, 3.63) is 0 Å². The van der Waals surface area contributed by atoms with Crippen LogP contribution in [0.4, 0.5) is 0 Å². The maximum absolute atomic E-state index is 6.22. The van der Waals surface area contributed by atoms with Crippen molar-refractivity contribution in [1.29, 1.82) is 0 Å². The molecule has 1 aliphatic carbocycles. The molecule has 2 fully saturated rings. The molecule has 18 heavy (non-hydrogen) atoms. The van der Waals surface area contributed by atoms with E-state index in [0.717, 1.165) is 12.5 Å². The summed E-state index contributed by atoms with van der Waals surface area (Å²) in [4.78, 5) is 5.13. The largest absolute Gasteiger partial charge is 0.329 e. The molecule has 3 heteroatoms. The normalized spacial score (nSPS) is 39.2. The number of likely N-dealkylation sites (N-methyl/N-ethyl adjacent to an activating group) is 2. The van der Waals surface area contributed by atoms with Gasteiger partial charge in [-0.1, -0.05) is 19.8 Å². The number of rotatable bonds is 3. The molecule has 2 N–H and O–H groups in total. The van der Waals surface area contributed by atoms with Crippen LogP contribution in [0.5, 0.6) is 0 Å². The molecule has 1 aliphatic heterocycles. The fourth-order valence-electron chi connectivity index (χ4n) is 4.19. The van der Waals surface area contributed by atoms with Crippen molar-refractivity contribution in [2.45, 2.75) is 57.0 Å². The van der Waals surface area contributed by atoms with Crippen molar-refractivity contribution >= 4 is 0 Å². The summed E-state index contributed by atoms with van der Waals surface area (Å²) in [6, 6.07) is 0.702. The lowest BCUT2D eigenvalue weighted by molar-refractivity contribution is -0.0179. The van der Waals surface area contributed by atoms with Gasteiger partial charge in [-0.05, 0) is 52.2 Å². The lowest BCUT2D eigenvalue weighted by Gasteiger charge is -2.53. The van der Waals surface area contributed by atoms with Gasteiger partial charge in [-0.2, -0.15) is 0 Å². The van der Waals surface area contributed by atoms with Crippen LogP contribution in [0.25, 0.3) is 0 Å². The lowest BCUT2D eigenvalue weighted by Crippen LogP contribution is -2.63. The van der Waals surface area contributed by atoms with Crippen LogP contribution >= 0.6 is 0 Å². The average Bonchev–Trinajstić information content (AvgIpc) is 2.39. The average molecular weight is 253 g/mol. The smallest absolute Gasteiger partial charge is 0.0357 e. The Bertz CT molecular complexity index is 268. The zero-order valence-electron chi connectivity index (χ0n) is 12.5. The summed E-state index contributed by atoms with van der Waals surface area (Å²) in [6.07, 6.45) is 8.07. The van der Waals surface area contributed by atoms with E-state index < -0.39 is 0 Å². The first-order valence-corrected chi connectivity index (χ1v) is 7.71. The Morgan fingerprint density at radius 2 is 2.06 bits per heavy atom. The quantitative estimate of drug-likeness (QED) is 0.834. The highest BCUT2D eigenvalue weighted by Gasteiger charge is 2.43. The minimum atomic E-state index is 0.265. The third-order valence-corrected chi connectivity index (χ3v) is 5.62. The third-order valence-electron chi connectivity index (χ3n) is 5.62. The van der Waals surface area contributed by atoms with Crippen LogP contribution in [0.1, 0.15) is 45.4 Å². The molecule has 0 aromatic rings. The Balaban J connectivity index is 2.10. The van der Waals surface area contributed by atoms with E-state index in [0.29, 0.717) is 6.04 Å². The Labute approximate surface area is 113 Å². The van der Waals surface area contributed by atoms with Crippen LogP contribution in [-0.4, -0.2) is 55.1 Å². The van der Waals surface area contributed by atoms with E-state index in [4.69, 9.17) is 5.73 Å². The highest BCUT2D eigenvalue weighted by Crippen LogP contribution is 2.39. The summed E-state index contributed by atoms with van der Waals surface area (Å²) >= 11 is 0. The van der Waals surface area contributed by atoms with Crippen LogP contribution in [-0.2, 0) is 0 Å². The van der Waals surface area contributed by atoms with Gasteiger partial charge in [0.1, 0.15) is 0 Å². The Hall–Kier alpha value is -0.120. The molecular formula is C15H31N3. The Morgan fingerprint density at radius 1 is 1.28 bits per heavy atom. The minimum absolute atomic E-state index is 0.265. The van der Waals surface area contributed by atoms with Gasteiger partial charge in [0.25, 0.3) is 0 Å². The summed E-state index contributed by atoms with van der Waals surface area (Å²) < 4.78 is 0. The second-order valence-corrected chi connectivity index (χ2v) is 6.62. The van der Waals surface area contributed by atoms with Crippen molar-refractivity contribution < 1.29 is 0 Å². The SMILES string of the molecule is CC1CCCCC1(CN)N(C)C1CCCN(C)C1. The lowest BCUT2D eigenvalue weighted by atomic mass is 9.71. The number of nitrogens with two attached hydrogens (primary N) is 1. The predicted molar refractivity (Wildman–Crippen MR) is 77.7 cm³/mol. The van der Waals surface area contributed by atoms with Gasteiger partial charge < -0.3 is 10.6 Å². The molecule has 2 aliphatic rings. The minimum Gasteiger partial charge on any atom is -0.329 e. The number of likely N-dealkylation sites (tertiary alicyclic amines) is 1. The molecule has 1 saturated heterocycles. The van der Waals surface area contributed by atoms with E-state index in [1.807, 2.05) is 0 Å². The molecule has 1 heterocycles. The molecule has 2 rings (SSSR count). The maximum Gasteiger partial charge on any atom is 0.0357 e. The molecule has 3 nitrogen and oxygen atoms in total. The zero-order valence-corrected chi connectivity index (χ0v) is 12.5. The summed E-state index contributed by atoms with van der Waals surface area (Å²) in [5, 5.41) is 0. The molecule has 106 valence electrons. The van der Waals surface area contributed by atoms with Gasteiger partial charge in [0.2, 0.25) is 0 Å². The van der Waals surface area contributed by atoms with Gasteiger partial charge in [-0.15, -0.1) is 0 Å². The van der Waals surface area contributed by atoms with E-state index >= 15 is 0 Å². The van der Waals surface area contributed by atoms with E-state index in [1.54, 1.807) is 0 Å². The molecule has 3 unspecified atom stereocenters. The van der Waals surface area contributed by atoms with Gasteiger partial charge in [-0.25, -0.2) is 0 Å². The predicted octanol–water partition coefficient (Wildman–Crippen LogP) is 1.92. The molecule has 0 aromatic carbocycles. The first-order valence-electron chi connectivity index (χ1n) is 7.71. The monoisotopic (exact) mass is 253 g/mol. The van der Waals surface area contributed by atoms with Crippen molar-refractivity contribution in [1.82, 2.24) is 9.80 Å². The fourth-order valence-corrected chi connectivity index (χ4v) is 4.19. The number of piperidine rings is 1. The first-order chi connectivity index (χ1) is 8.60. The summed E-state index contributed by atoms with van der Waals surface area (Å²) in [5.41, 5.74) is 6.48. The summed E-state index contributed by atoms with van der Waals surface area (Å²) in [7, 11) is 4.58. The molecule has 0 radical (unpaired) electrons. The van der Waals surface area contributed by atoms with Crippen LogP contribution in [0.15, 0.2) is 0 Å². The van der Waals surface area contributed by atoms with Gasteiger partial charge in [0.15, 0.2) is 0 Å². The highest BCUT2D eigenvalue weighted by molar-refractivity contribution is 5.00. The van der Waals surface area contributed by atoms with E-state index in [2.05, 4.69) is 30.8 Å². The van der Waals surface area contributed by atoms with Gasteiger partial charge in [-0.3, -0.25) is 4.90 Å². The summed E-state index contributed by atoms with van der Waals surface area (Å²) in [5.74, 6) is 0.744. The number of hydrogen-bond donors (Lipinski definition) is 1. The molecule has 1 saturated carbocycles. The van der Waals surface area contributed by atoms with Gasteiger partial charge in [0.05, 0.1) is 0 Å². The van der Waals surface area contributed by atoms with Crippen molar-refractivity contribution in [2.75, 3.05) is 33.7 Å². The molecule has 0 bridgehead atoms. The molecule has 0 aromatic heterocycles. The molecule has 0 amide bonds. The van der Waals surface area contributed by atoms with Crippen molar-refractivity contribution in [3.8, 4) is 0 Å². The van der Waals surface area contributed by atoms with Crippen molar-refractivity contribution in [2.24, 2.45) is 11.7 Å².